The highest BCUT2D eigenvalue weighted by atomic mass is 16.5. The van der Waals surface area contributed by atoms with Gasteiger partial charge < -0.3 is 10.1 Å². The minimum Gasteiger partial charge on any atom is -0.449 e. The number of amides is 1. The van der Waals surface area contributed by atoms with Crippen molar-refractivity contribution in [1.29, 1.82) is 0 Å². The van der Waals surface area contributed by atoms with Crippen LogP contribution in [-0.4, -0.2) is 19.2 Å². The smallest absolute Gasteiger partial charge is 0.407 e. The molecule has 3 nitrogen and oxygen atoms in total. The molecule has 0 heterocycles. The Labute approximate surface area is 200 Å². The fourth-order valence-electron chi connectivity index (χ4n) is 4.45. The molecule has 3 heteroatoms. The van der Waals surface area contributed by atoms with E-state index in [2.05, 4.69) is 65.7 Å². The van der Waals surface area contributed by atoms with Crippen LogP contribution >= 0.6 is 0 Å². The number of hydrogen-bond acceptors (Lipinski definition) is 2. The molecule has 0 bridgehead atoms. The van der Waals surface area contributed by atoms with Crippen molar-refractivity contribution in [1.82, 2.24) is 5.32 Å². The first-order chi connectivity index (χ1) is 16.8. The quantitative estimate of drug-likeness (QED) is 0.278. The molecule has 5 rings (SSSR count). The van der Waals surface area contributed by atoms with Gasteiger partial charge in [-0.2, -0.15) is 0 Å². The molecule has 0 spiro atoms. The second-order valence-corrected chi connectivity index (χ2v) is 8.25. The van der Waals surface area contributed by atoms with Gasteiger partial charge in [-0.15, -0.1) is 0 Å². The molecule has 1 amide bonds. The number of nitrogens with one attached hydrogen (secondary N) is 1. The highest BCUT2D eigenvalue weighted by Crippen LogP contribution is 2.44. The number of fused-ring (bicyclic) bond motifs is 3. The molecule has 0 radical (unpaired) electrons. The Bertz CT molecular complexity index is 1320. The highest BCUT2D eigenvalue weighted by molar-refractivity contribution is 5.79. The van der Waals surface area contributed by atoms with Crippen LogP contribution in [0.25, 0.3) is 22.3 Å². The molecule has 4 aromatic rings. The van der Waals surface area contributed by atoms with Gasteiger partial charge in [0.1, 0.15) is 6.61 Å². The third kappa shape index (κ3) is 4.72. The molecule has 0 aliphatic heterocycles. The molecule has 0 saturated heterocycles. The van der Waals surface area contributed by atoms with Gasteiger partial charge in [0.05, 0.1) is 0 Å². The Kier molecular flexibility index (Phi) is 6.40. The van der Waals surface area contributed by atoms with Crippen LogP contribution in [0, 0.1) is 11.8 Å². The van der Waals surface area contributed by atoms with Crippen LogP contribution < -0.4 is 5.32 Å². The van der Waals surface area contributed by atoms with E-state index in [-0.39, 0.29) is 5.92 Å². The van der Waals surface area contributed by atoms with Gasteiger partial charge in [0, 0.05) is 24.4 Å². The first-order valence-corrected chi connectivity index (χ1v) is 11.5. The summed E-state index contributed by atoms with van der Waals surface area (Å²) in [6, 6.07) is 35.1. The van der Waals surface area contributed by atoms with Crippen molar-refractivity contribution < 1.29 is 9.53 Å². The summed E-state index contributed by atoms with van der Waals surface area (Å²) in [4.78, 5) is 12.3. The molecule has 1 aliphatic carbocycles. The van der Waals surface area contributed by atoms with Crippen molar-refractivity contribution in [2.75, 3.05) is 13.2 Å². The lowest BCUT2D eigenvalue weighted by Gasteiger charge is -2.14. The van der Waals surface area contributed by atoms with Gasteiger partial charge in [-0.05, 0) is 45.5 Å². The van der Waals surface area contributed by atoms with Crippen LogP contribution in [0.4, 0.5) is 4.79 Å². The van der Waals surface area contributed by atoms with Crippen LogP contribution in [0.5, 0.6) is 0 Å². The summed E-state index contributed by atoms with van der Waals surface area (Å²) in [5.41, 5.74) is 8.13. The van der Waals surface area contributed by atoms with E-state index in [1.165, 1.54) is 27.8 Å². The fraction of sp³-hybridized carbons (Fsp3) is 0.129. The van der Waals surface area contributed by atoms with Crippen LogP contribution in [0.1, 0.15) is 29.0 Å². The van der Waals surface area contributed by atoms with Crippen molar-refractivity contribution in [3.63, 3.8) is 0 Å². The van der Waals surface area contributed by atoms with Crippen molar-refractivity contribution in [3.8, 4) is 34.1 Å². The SMILES string of the molecule is O=C(NCCC#Cc1cccc(-c2ccccc2)c1)OCC1c2ccccc2-c2ccccc21. The van der Waals surface area contributed by atoms with Crippen molar-refractivity contribution in [3.05, 3.63) is 120 Å². The Morgan fingerprint density at radius 3 is 2.15 bits per heavy atom. The van der Waals surface area contributed by atoms with Gasteiger partial charge in [0.25, 0.3) is 0 Å². The van der Waals surface area contributed by atoms with E-state index in [1.54, 1.807) is 0 Å². The Morgan fingerprint density at radius 1 is 0.765 bits per heavy atom. The predicted octanol–water partition coefficient (Wildman–Crippen LogP) is 6.63. The van der Waals surface area contributed by atoms with E-state index in [9.17, 15) is 4.79 Å². The Morgan fingerprint density at radius 2 is 1.41 bits per heavy atom. The number of carbonyl (C=O) groups excluding carboxylic acids is 1. The Balaban J connectivity index is 1.12. The average molecular weight is 444 g/mol. The molecule has 1 N–H and O–H groups in total. The second kappa shape index (κ2) is 10.1. The summed E-state index contributed by atoms with van der Waals surface area (Å²) in [5, 5.41) is 2.81. The molecular weight excluding hydrogens is 418 g/mol. The van der Waals surface area contributed by atoms with E-state index < -0.39 is 6.09 Å². The van der Waals surface area contributed by atoms with Crippen molar-refractivity contribution in [2.45, 2.75) is 12.3 Å². The van der Waals surface area contributed by atoms with Gasteiger partial charge in [-0.1, -0.05) is 103 Å². The lowest BCUT2D eigenvalue weighted by molar-refractivity contribution is 0.143. The summed E-state index contributed by atoms with van der Waals surface area (Å²) >= 11 is 0. The van der Waals surface area contributed by atoms with Crippen molar-refractivity contribution >= 4 is 6.09 Å². The minimum atomic E-state index is -0.408. The standard InChI is InChI=1S/C31H25NO2/c33-31(34-22-30-28-18-6-4-16-26(28)27-17-5-7-19-29(27)30)32-20-9-8-11-23-12-10-15-25(21-23)24-13-2-1-3-14-24/h1-7,10,12-19,21,30H,9,20,22H2,(H,32,33). The van der Waals surface area contributed by atoms with Gasteiger partial charge in [-0.25, -0.2) is 4.79 Å². The fourth-order valence-corrected chi connectivity index (χ4v) is 4.45. The predicted molar refractivity (Wildman–Crippen MR) is 136 cm³/mol. The number of carbonyl (C=O) groups is 1. The molecule has 0 fully saturated rings. The normalized spacial score (nSPS) is 11.6. The lowest BCUT2D eigenvalue weighted by atomic mass is 9.98. The molecule has 1 aliphatic rings. The number of hydrogen-bond donors (Lipinski definition) is 1. The number of ether oxygens (including phenoxy) is 1. The third-order valence-electron chi connectivity index (χ3n) is 6.07. The van der Waals surface area contributed by atoms with Crippen molar-refractivity contribution in [2.24, 2.45) is 0 Å². The third-order valence-corrected chi connectivity index (χ3v) is 6.07. The maximum absolute atomic E-state index is 12.3. The summed E-state index contributed by atoms with van der Waals surface area (Å²) in [6.45, 7) is 0.764. The van der Waals surface area contributed by atoms with Crippen LogP contribution in [0.2, 0.25) is 0 Å². The second-order valence-electron chi connectivity index (χ2n) is 8.25. The minimum absolute atomic E-state index is 0.0647. The van der Waals surface area contributed by atoms with E-state index in [4.69, 9.17) is 4.74 Å². The van der Waals surface area contributed by atoms with E-state index in [0.29, 0.717) is 19.6 Å². The molecule has 0 unspecified atom stereocenters. The zero-order chi connectivity index (χ0) is 23.2. The molecule has 4 aromatic carbocycles. The van der Waals surface area contributed by atoms with Gasteiger partial charge >= 0.3 is 6.09 Å². The molecule has 0 aromatic heterocycles. The molecule has 34 heavy (non-hydrogen) atoms. The number of alkyl carbamates (subject to hydrolysis) is 1. The largest absolute Gasteiger partial charge is 0.449 e. The lowest BCUT2D eigenvalue weighted by Crippen LogP contribution is -2.26. The summed E-state index contributed by atoms with van der Waals surface area (Å²) in [5.74, 6) is 6.39. The average Bonchev–Trinajstić information content (AvgIpc) is 3.22. The Hall–Kier alpha value is -4.29. The number of rotatable bonds is 5. The first-order valence-electron chi connectivity index (χ1n) is 11.5. The van der Waals surface area contributed by atoms with E-state index in [1.807, 2.05) is 54.6 Å². The topological polar surface area (TPSA) is 38.3 Å². The zero-order valence-electron chi connectivity index (χ0n) is 18.8. The molecule has 0 saturated carbocycles. The first kappa shape index (κ1) is 21.6. The van der Waals surface area contributed by atoms with Gasteiger partial charge in [0.2, 0.25) is 0 Å². The molecule has 166 valence electrons. The van der Waals surface area contributed by atoms with Crippen LogP contribution in [0.3, 0.4) is 0 Å². The zero-order valence-corrected chi connectivity index (χ0v) is 18.8. The summed E-state index contributed by atoms with van der Waals surface area (Å²) in [7, 11) is 0. The maximum atomic E-state index is 12.3. The highest BCUT2D eigenvalue weighted by Gasteiger charge is 2.28. The number of benzene rings is 4. The monoisotopic (exact) mass is 443 g/mol. The summed E-state index contributed by atoms with van der Waals surface area (Å²) in [6.07, 6.45) is 0.148. The van der Waals surface area contributed by atoms with Crippen LogP contribution in [-0.2, 0) is 4.74 Å². The molecule has 0 atom stereocenters. The summed E-state index contributed by atoms with van der Waals surface area (Å²) < 4.78 is 5.57. The van der Waals surface area contributed by atoms with E-state index >= 15 is 0 Å². The van der Waals surface area contributed by atoms with E-state index in [0.717, 1.165) is 11.1 Å². The van der Waals surface area contributed by atoms with Gasteiger partial charge in [-0.3, -0.25) is 0 Å². The molecular formula is C31H25NO2. The van der Waals surface area contributed by atoms with Gasteiger partial charge in [0.15, 0.2) is 0 Å². The van der Waals surface area contributed by atoms with Crippen LogP contribution in [0.15, 0.2) is 103 Å². The maximum Gasteiger partial charge on any atom is 0.407 e.